The summed E-state index contributed by atoms with van der Waals surface area (Å²) in [6.45, 7) is 4.29. The topological polar surface area (TPSA) is 100 Å². The van der Waals surface area contributed by atoms with Crippen molar-refractivity contribution >= 4 is 15.7 Å². The number of nitrogens with one attached hydrogen (secondary N) is 3. The third-order valence-electron chi connectivity index (χ3n) is 5.22. The van der Waals surface area contributed by atoms with Crippen molar-refractivity contribution in [3.63, 3.8) is 0 Å². The Morgan fingerprint density at radius 2 is 1.90 bits per heavy atom. The molecular weight excluding hydrogens is 414 g/mol. The van der Waals surface area contributed by atoms with E-state index in [-0.39, 0.29) is 15.7 Å². The molecule has 4 rings (SSSR count). The molecule has 2 aromatic carbocycles. The SMILES string of the molecule is CCOc1cccc(S(=O)(=O)c2ccc(CNC(=O)c3cc4c([nH]3)CCNC4)cc2)c1. The largest absolute Gasteiger partial charge is 0.494 e. The van der Waals surface area contributed by atoms with Crippen molar-refractivity contribution in [3.8, 4) is 5.75 Å². The molecule has 7 nitrogen and oxygen atoms in total. The molecule has 1 aromatic heterocycles. The molecule has 1 amide bonds. The maximum absolute atomic E-state index is 12.9. The molecule has 3 aromatic rings. The molecule has 0 saturated heterocycles. The Labute approximate surface area is 181 Å². The summed E-state index contributed by atoms with van der Waals surface area (Å²) in [5, 5.41) is 6.16. The molecule has 0 spiro atoms. The van der Waals surface area contributed by atoms with Crippen LogP contribution in [0.25, 0.3) is 0 Å². The minimum Gasteiger partial charge on any atom is -0.494 e. The lowest BCUT2D eigenvalue weighted by molar-refractivity contribution is 0.0946. The number of carbonyl (C=O) groups excluding carboxylic acids is 1. The van der Waals surface area contributed by atoms with Gasteiger partial charge in [-0.15, -0.1) is 0 Å². The van der Waals surface area contributed by atoms with Gasteiger partial charge in [-0.05, 0) is 54.4 Å². The summed E-state index contributed by atoms with van der Waals surface area (Å²) in [5.41, 5.74) is 3.58. The van der Waals surface area contributed by atoms with E-state index in [2.05, 4.69) is 15.6 Å². The van der Waals surface area contributed by atoms with Crippen LogP contribution in [0.15, 0.2) is 64.4 Å². The Balaban J connectivity index is 1.42. The molecule has 0 aliphatic carbocycles. The van der Waals surface area contributed by atoms with Crippen LogP contribution in [-0.4, -0.2) is 32.5 Å². The second-order valence-corrected chi connectivity index (χ2v) is 9.30. The third-order valence-corrected chi connectivity index (χ3v) is 6.98. The Morgan fingerprint density at radius 3 is 2.65 bits per heavy atom. The maximum Gasteiger partial charge on any atom is 0.267 e. The Morgan fingerprint density at radius 1 is 1.10 bits per heavy atom. The first kappa shape index (κ1) is 21.1. The number of aromatic nitrogens is 1. The van der Waals surface area contributed by atoms with Crippen LogP contribution in [-0.2, 0) is 29.3 Å². The number of fused-ring (bicyclic) bond motifs is 1. The van der Waals surface area contributed by atoms with Crippen molar-refractivity contribution in [2.45, 2.75) is 36.2 Å². The fourth-order valence-electron chi connectivity index (χ4n) is 3.58. The number of hydrogen-bond donors (Lipinski definition) is 3. The Bertz CT molecular complexity index is 1160. The van der Waals surface area contributed by atoms with Gasteiger partial charge in [-0.25, -0.2) is 8.42 Å². The number of carbonyl (C=O) groups is 1. The Kier molecular flexibility index (Phi) is 6.11. The average molecular weight is 440 g/mol. The molecule has 162 valence electrons. The van der Waals surface area contributed by atoms with E-state index in [4.69, 9.17) is 4.74 Å². The molecule has 3 N–H and O–H groups in total. The maximum atomic E-state index is 12.9. The second kappa shape index (κ2) is 8.95. The van der Waals surface area contributed by atoms with E-state index in [0.29, 0.717) is 24.6 Å². The van der Waals surface area contributed by atoms with Gasteiger partial charge in [0.1, 0.15) is 11.4 Å². The number of ether oxygens (including phenoxy) is 1. The smallest absolute Gasteiger partial charge is 0.267 e. The number of hydrogen-bond acceptors (Lipinski definition) is 5. The normalized spacial score (nSPS) is 13.5. The molecule has 0 radical (unpaired) electrons. The van der Waals surface area contributed by atoms with E-state index in [1.165, 1.54) is 6.07 Å². The van der Waals surface area contributed by atoms with Crippen molar-refractivity contribution < 1.29 is 17.9 Å². The zero-order chi connectivity index (χ0) is 21.8. The number of H-pyrrole nitrogens is 1. The molecule has 0 saturated carbocycles. The number of benzene rings is 2. The van der Waals surface area contributed by atoms with E-state index in [0.717, 1.165) is 36.3 Å². The van der Waals surface area contributed by atoms with Gasteiger partial charge in [-0.3, -0.25) is 4.79 Å². The van der Waals surface area contributed by atoms with Gasteiger partial charge in [-0.2, -0.15) is 0 Å². The van der Waals surface area contributed by atoms with Crippen LogP contribution in [0.5, 0.6) is 5.75 Å². The van der Waals surface area contributed by atoms with Gasteiger partial charge < -0.3 is 20.4 Å². The summed E-state index contributed by atoms with van der Waals surface area (Å²) < 4.78 is 31.2. The van der Waals surface area contributed by atoms with Gasteiger partial charge in [0.15, 0.2) is 0 Å². The quantitative estimate of drug-likeness (QED) is 0.526. The van der Waals surface area contributed by atoms with Gasteiger partial charge >= 0.3 is 0 Å². The van der Waals surface area contributed by atoms with Crippen LogP contribution >= 0.6 is 0 Å². The van der Waals surface area contributed by atoms with Crippen molar-refractivity contribution in [2.75, 3.05) is 13.2 Å². The number of aromatic amines is 1. The molecule has 1 aliphatic rings. The van der Waals surface area contributed by atoms with Crippen LogP contribution < -0.4 is 15.4 Å². The van der Waals surface area contributed by atoms with Crippen molar-refractivity contribution in [1.29, 1.82) is 0 Å². The number of rotatable bonds is 7. The fourth-order valence-corrected chi connectivity index (χ4v) is 4.87. The van der Waals surface area contributed by atoms with Crippen LogP contribution in [0.4, 0.5) is 0 Å². The second-order valence-electron chi connectivity index (χ2n) is 7.35. The van der Waals surface area contributed by atoms with Crippen molar-refractivity contribution in [2.24, 2.45) is 0 Å². The molecule has 2 heterocycles. The molecule has 0 bridgehead atoms. The van der Waals surface area contributed by atoms with Gasteiger partial charge in [0.2, 0.25) is 9.84 Å². The van der Waals surface area contributed by atoms with E-state index in [1.807, 2.05) is 13.0 Å². The number of amides is 1. The zero-order valence-corrected chi connectivity index (χ0v) is 18.1. The van der Waals surface area contributed by atoms with E-state index >= 15 is 0 Å². The van der Waals surface area contributed by atoms with Crippen molar-refractivity contribution in [3.05, 3.63) is 77.1 Å². The molecule has 8 heteroatoms. The molecule has 0 fully saturated rings. The highest BCUT2D eigenvalue weighted by molar-refractivity contribution is 7.91. The van der Waals surface area contributed by atoms with E-state index in [9.17, 15) is 13.2 Å². The summed E-state index contributed by atoms with van der Waals surface area (Å²) in [6.07, 6.45) is 0.881. The van der Waals surface area contributed by atoms with Gasteiger partial charge in [0, 0.05) is 31.7 Å². The minimum atomic E-state index is -3.65. The van der Waals surface area contributed by atoms with Gasteiger partial charge in [-0.1, -0.05) is 18.2 Å². The molecule has 0 unspecified atom stereocenters. The summed E-state index contributed by atoms with van der Waals surface area (Å²) >= 11 is 0. The summed E-state index contributed by atoms with van der Waals surface area (Å²) in [6, 6.07) is 14.9. The first-order valence-electron chi connectivity index (χ1n) is 10.2. The van der Waals surface area contributed by atoms with Crippen LogP contribution in [0.1, 0.15) is 34.2 Å². The monoisotopic (exact) mass is 439 g/mol. The zero-order valence-electron chi connectivity index (χ0n) is 17.3. The van der Waals surface area contributed by atoms with E-state index < -0.39 is 9.84 Å². The van der Waals surface area contributed by atoms with Gasteiger partial charge in [0.05, 0.1) is 16.4 Å². The number of sulfone groups is 1. The fraction of sp³-hybridized carbons (Fsp3) is 0.261. The predicted octanol–water partition coefficient (Wildman–Crippen LogP) is 2.82. The summed E-state index contributed by atoms with van der Waals surface area (Å²) in [4.78, 5) is 16.0. The molecule has 1 aliphatic heterocycles. The molecule has 0 atom stereocenters. The lowest BCUT2D eigenvalue weighted by atomic mass is 10.1. The molecule has 31 heavy (non-hydrogen) atoms. The highest BCUT2D eigenvalue weighted by atomic mass is 32.2. The predicted molar refractivity (Wildman–Crippen MR) is 117 cm³/mol. The standard InChI is InChI=1S/C23H25N3O4S/c1-2-30-18-4-3-5-20(13-18)31(28,29)19-8-6-16(7-9-19)14-25-23(27)22-12-17-15-24-11-10-21(17)26-22/h3-9,12-13,24,26H,2,10-11,14-15H2,1H3,(H,25,27). The van der Waals surface area contributed by atoms with E-state index in [1.54, 1.807) is 42.5 Å². The van der Waals surface area contributed by atoms with Gasteiger partial charge in [0.25, 0.3) is 5.91 Å². The highest BCUT2D eigenvalue weighted by Gasteiger charge is 2.19. The third kappa shape index (κ3) is 4.65. The van der Waals surface area contributed by atoms with Crippen LogP contribution in [0, 0.1) is 0 Å². The molecular formula is C23H25N3O4S. The lowest BCUT2D eigenvalue weighted by Gasteiger charge is -2.11. The Hall–Kier alpha value is -3.10. The van der Waals surface area contributed by atoms with Crippen molar-refractivity contribution in [1.82, 2.24) is 15.6 Å². The highest BCUT2D eigenvalue weighted by Crippen LogP contribution is 2.24. The average Bonchev–Trinajstić information content (AvgIpc) is 3.23. The summed E-state index contributed by atoms with van der Waals surface area (Å²) in [7, 11) is -3.65. The first-order chi connectivity index (χ1) is 15.0. The van der Waals surface area contributed by atoms with Crippen LogP contribution in [0.2, 0.25) is 0 Å². The summed E-state index contributed by atoms with van der Waals surface area (Å²) in [5.74, 6) is 0.337. The lowest BCUT2D eigenvalue weighted by Crippen LogP contribution is -2.23. The first-order valence-corrected chi connectivity index (χ1v) is 11.7. The minimum absolute atomic E-state index is 0.182. The van der Waals surface area contributed by atoms with Crippen LogP contribution in [0.3, 0.4) is 0 Å².